The van der Waals surface area contributed by atoms with Crippen LogP contribution >= 0.6 is 0 Å². The maximum atomic E-state index is 4.38. The van der Waals surface area contributed by atoms with Crippen LogP contribution < -0.4 is 10.2 Å². The van der Waals surface area contributed by atoms with Crippen molar-refractivity contribution in [3.63, 3.8) is 0 Å². The zero-order valence-corrected chi connectivity index (χ0v) is 11.1. The normalized spacial score (nSPS) is 27.3. The predicted molar refractivity (Wildman–Crippen MR) is 72.5 cm³/mol. The summed E-state index contributed by atoms with van der Waals surface area (Å²) in [6.45, 7) is 3.14. The molecule has 1 aliphatic carbocycles. The lowest BCUT2D eigenvalue weighted by molar-refractivity contribution is 0.230. The maximum absolute atomic E-state index is 4.38. The minimum atomic E-state index is 0.790. The van der Waals surface area contributed by atoms with Gasteiger partial charge >= 0.3 is 0 Å². The van der Waals surface area contributed by atoms with Crippen molar-refractivity contribution >= 4 is 5.82 Å². The fraction of sp³-hybridized carbons (Fsp3) is 0.714. The minimum Gasteiger partial charge on any atom is -0.355 e. The number of aromatic nitrogens is 2. The molecule has 2 atom stereocenters. The molecule has 2 heterocycles. The van der Waals surface area contributed by atoms with Gasteiger partial charge in [-0.1, -0.05) is 6.42 Å². The number of piperidine rings is 1. The van der Waals surface area contributed by atoms with Crippen molar-refractivity contribution in [3.05, 3.63) is 17.8 Å². The standard InChI is InChI=1S/C14H22N4/c1-15-8-13-5-6-14(17-16-13)18-9-11-3-2-4-12(7-11)10-18/h5-6,11-12,15H,2-4,7-10H2,1H3. The van der Waals surface area contributed by atoms with E-state index in [0.717, 1.165) is 29.9 Å². The van der Waals surface area contributed by atoms with Gasteiger partial charge in [-0.2, -0.15) is 5.10 Å². The predicted octanol–water partition coefficient (Wildman–Crippen LogP) is 1.82. The van der Waals surface area contributed by atoms with Crippen LogP contribution in [0.2, 0.25) is 0 Å². The van der Waals surface area contributed by atoms with Crippen molar-refractivity contribution in [2.24, 2.45) is 11.8 Å². The molecule has 1 aromatic heterocycles. The average Bonchev–Trinajstić information content (AvgIpc) is 2.39. The maximum Gasteiger partial charge on any atom is 0.151 e. The summed E-state index contributed by atoms with van der Waals surface area (Å²) in [5.41, 5.74) is 1.01. The number of nitrogens with zero attached hydrogens (tertiary/aromatic N) is 3. The molecule has 2 unspecified atom stereocenters. The van der Waals surface area contributed by atoms with Gasteiger partial charge in [0.05, 0.1) is 5.69 Å². The van der Waals surface area contributed by atoms with Gasteiger partial charge in [0.15, 0.2) is 5.82 Å². The number of rotatable bonds is 3. The third-order valence-corrected chi connectivity index (χ3v) is 4.24. The van der Waals surface area contributed by atoms with E-state index in [4.69, 9.17) is 0 Å². The molecule has 0 radical (unpaired) electrons. The zero-order valence-electron chi connectivity index (χ0n) is 11.1. The van der Waals surface area contributed by atoms with Crippen LogP contribution in [0.1, 0.15) is 31.4 Å². The molecule has 4 heteroatoms. The lowest BCUT2D eigenvalue weighted by atomic mass is 9.78. The van der Waals surface area contributed by atoms with Crippen molar-refractivity contribution in [2.45, 2.75) is 32.2 Å². The Hall–Kier alpha value is -1.16. The first kappa shape index (κ1) is 11.9. The number of hydrogen-bond acceptors (Lipinski definition) is 4. The van der Waals surface area contributed by atoms with E-state index in [1.165, 1.54) is 38.8 Å². The van der Waals surface area contributed by atoms with E-state index in [0.29, 0.717) is 0 Å². The molecule has 1 saturated heterocycles. The Balaban J connectivity index is 1.70. The van der Waals surface area contributed by atoms with Gasteiger partial charge in [-0.25, -0.2) is 0 Å². The Labute approximate surface area is 109 Å². The van der Waals surface area contributed by atoms with E-state index in [9.17, 15) is 0 Å². The molecule has 98 valence electrons. The van der Waals surface area contributed by atoms with Gasteiger partial charge < -0.3 is 10.2 Å². The first-order chi connectivity index (χ1) is 8.85. The molecule has 0 spiro atoms. The van der Waals surface area contributed by atoms with Gasteiger partial charge in [0.25, 0.3) is 0 Å². The van der Waals surface area contributed by atoms with Gasteiger partial charge in [-0.05, 0) is 50.3 Å². The molecule has 3 rings (SSSR count). The fourth-order valence-electron chi connectivity index (χ4n) is 3.42. The Kier molecular flexibility index (Phi) is 3.46. The highest BCUT2D eigenvalue weighted by molar-refractivity contribution is 5.38. The van der Waals surface area contributed by atoms with E-state index < -0.39 is 0 Å². The number of fused-ring (bicyclic) bond motifs is 2. The lowest BCUT2D eigenvalue weighted by Crippen LogP contribution is -2.43. The third kappa shape index (κ3) is 2.48. The second-order valence-corrected chi connectivity index (χ2v) is 5.72. The molecule has 2 aliphatic rings. The molecule has 0 amide bonds. The summed E-state index contributed by atoms with van der Waals surface area (Å²) in [5.74, 6) is 2.83. The SMILES string of the molecule is CNCc1ccc(N2CC3CCCC(C3)C2)nn1. The van der Waals surface area contributed by atoms with Crippen LogP contribution in [-0.4, -0.2) is 30.3 Å². The van der Waals surface area contributed by atoms with Crippen molar-refractivity contribution in [1.82, 2.24) is 15.5 Å². The van der Waals surface area contributed by atoms with Gasteiger partial charge in [0.2, 0.25) is 0 Å². The van der Waals surface area contributed by atoms with Crippen LogP contribution in [0.3, 0.4) is 0 Å². The van der Waals surface area contributed by atoms with Crippen molar-refractivity contribution in [3.8, 4) is 0 Å². The summed E-state index contributed by atoms with van der Waals surface area (Å²) >= 11 is 0. The van der Waals surface area contributed by atoms with Crippen molar-refractivity contribution < 1.29 is 0 Å². The molecular formula is C14H22N4. The first-order valence-corrected chi connectivity index (χ1v) is 7.07. The third-order valence-electron chi connectivity index (χ3n) is 4.24. The molecular weight excluding hydrogens is 224 g/mol. The second kappa shape index (κ2) is 5.22. The van der Waals surface area contributed by atoms with Gasteiger partial charge in [0.1, 0.15) is 0 Å². The topological polar surface area (TPSA) is 41.0 Å². The van der Waals surface area contributed by atoms with E-state index >= 15 is 0 Å². The molecule has 1 aliphatic heterocycles. The summed E-state index contributed by atoms with van der Waals surface area (Å²) in [6.07, 6.45) is 5.66. The van der Waals surface area contributed by atoms with Crippen LogP contribution in [0, 0.1) is 11.8 Å². The highest BCUT2D eigenvalue weighted by Crippen LogP contribution is 2.35. The second-order valence-electron chi connectivity index (χ2n) is 5.72. The van der Waals surface area contributed by atoms with E-state index in [2.05, 4.69) is 32.5 Å². The van der Waals surface area contributed by atoms with E-state index in [1.807, 2.05) is 7.05 Å². The Morgan fingerprint density at radius 1 is 1.22 bits per heavy atom. The number of nitrogens with one attached hydrogen (secondary N) is 1. The minimum absolute atomic E-state index is 0.790. The summed E-state index contributed by atoms with van der Waals surface area (Å²) in [5, 5.41) is 11.8. The largest absolute Gasteiger partial charge is 0.355 e. The molecule has 4 nitrogen and oxygen atoms in total. The van der Waals surface area contributed by atoms with Crippen LogP contribution in [0.15, 0.2) is 12.1 Å². The summed E-state index contributed by atoms with van der Waals surface area (Å²) < 4.78 is 0. The Bertz CT molecular complexity index is 377. The van der Waals surface area contributed by atoms with Crippen LogP contribution in [-0.2, 0) is 6.54 Å². The lowest BCUT2D eigenvalue weighted by Gasteiger charge is -2.41. The fourth-order valence-corrected chi connectivity index (χ4v) is 3.42. The van der Waals surface area contributed by atoms with Gasteiger partial charge in [0, 0.05) is 19.6 Å². The molecule has 1 N–H and O–H groups in total. The summed E-state index contributed by atoms with van der Waals surface area (Å²) in [7, 11) is 1.93. The van der Waals surface area contributed by atoms with Crippen molar-refractivity contribution in [2.75, 3.05) is 25.0 Å². The quantitative estimate of drug-likeness (QED) is 0.883. The Morgan fingerprint density at radius 3 is 2.61 bits per heavy atom. The van der Waals surface area contributed by atoms with Crippen LogP contribution in [0.4, 0.5) is 5.82 Å². The molecule has 2 bridgehead atoms. The molecule has 0 aromatic carbocycles. The van der Waals surface area contributed by atoms with Crippen molar-refractivity contribution in [1.29, 1.82) is 0 Å². The van der Waals surface area contributed by atoms with Crippen LogP contribution in [0.25, 0.3) is 0 Å². The van der Waals surface area contributed by atoms with Gasteiger partial charge in [-0.15, -0.1) is 5.10 Å². The molecule has 2 fully saturated rings. The molecule has 18 heavy (non-hydrogen) atoms. The monoisotopic (exact) mass is 246 g/mol. The van der Waals surface area contributed by atoms with Gasteiger partial charge in [-0.3, -0.25) is 0 Å². The van der Waals surface area contributed by atoms with E-state index in [1.54, 1.807) is 0 Å². The van der Waals surface area contributed by atoms with Crippen LogP contribution in [0.5, 0.6) is 0 Å². The molecule has 1 saturated carbocycles. The highest BCUT2D eigenvalue weighted by atomic mass is 15.3. The zero-order chi connectivity index (χ0) is 12.4. The first-order valence-electron chi connectivity index (χ1n) is 7.07. The van der Waals surface area contributed by atoms with E-state index in [-0.39, 0.29) is 0 Å². The highest BCUT2D eigenvalue weighted by Gasteiger charge is 2.30. The number of hydrogen-bond donors (Lipinski definition) is 1. The smallest absolute Gasteiger partial charge is 0.151 e. The average molecular weight is 246 g/mol. The summed E-state index contributed by atoms with van der Waals surface area (Å²) in [4.78, 5) is 2.44. The number of anilines is 1. The summed E-state index contributed by atoms with van der Waals surface area (Å²) in [6, 6.07) is 4.21. The molecule has 1 aromatic rings. The Morgan fingerprint density at radius 2 is 2.00 bits per heavy atom.